The van der Waals surface area contributed by atoms with Gasteiger partial charge in [0.25, 0.3) is 0 Å². The summed E-state index contributed by atoms with van der Waals surface area (Å²) in [7, 11) is 0. The fourth-order valence-corrected chi connectivity index (χ4v) is 1.64. The molecule has 2 N–H and O–H groups in total. The summed E-state index contributed by atoms with van der Waals surface area (Å²) in [5.41, 5.74) is 4.92. The molecular weight excluding hydrogens is 162 g/mol. The van der Waals surface area contributed by atoms with Crippen molar-refractivity contribution < 1.29 is 5.11 Å². The lowest BCUT2D eigenvalue weighted by Crippen LogP contribution is -2.08. The van der Waals surface area contributed by atoms with E-state index in [2.05, 4.69) is 38.2 Å². The molecule has 0 atom stereocenters. The molecular formula is C11H17NO. The average molecular weight is 179 g/mol. The fraction of sp³-hybridized carbons (Fsp3) is 0.455. The molecule has 0 fully saturated rings. The summed E-state index contributed by atoms with van der Waals surface area (Å²) >= 11 is 0. The minimum atomic E-state index is 0.173. The molecule has 0 amide bonds. The average Bonchev–Trinajstić information content (AvgIpc) is 2.02. The van der Waals surface area contributed by atoms with Crippen molar-refractivity contribution in [3.63, 3.8) is 0 Å². The Morgan fingerprint density at radius 2 is 1.69 bits per heavy atom. The maximum absolute atomic E-state index is 8.70. The lowest BCUT2D eigenvalue weighted by atomic mass is 10.1. The van der Waals surface area contributed by atoms with Gasteiger partial charge in [-0.05, 0) is 31.9 Å². The van der Waals surface area contributed by atoms with Crippen molar-refractivity contribution in [2.75, 3.05) is 18.5 Å². The number of aliphatic hydroxyl groups is 1. The van der Waals surface area contributed by atoms with Crippen LogP contribution in [0.2, 0.25) is 0 Å². The maximum atomic E-state index is 8.70. The molecule has 0 aromatic heterocycles. The number of benzene rings is 1. The first-order chi connectivity index (χ1) is 6.15. The molecule has 0 aliphatic rings. The van der Waals surface area contributed by atoms with E-state index in [0.717, 1.165) is 5.69 Å². The van der Waals surface area contributed by atoms with Crippen molar-refractivity contribution in [2.45, 2.75) is 20.8 Å². The first-order valence-corrected chi connectivity index (χ1v) is 4.57. The van der Waals surface area contributed by atoms with Crippen molar-refractivity contribution in [2.24, 2.45) is 0 Å². The van der Waals surface area contributed by atoms with Crippen LogP contribution in [0.25, 0.3) is 0 Å². The number of aryl methyl sites for hydroxylation is 3. The molecule has 2 nitrogen and oxygen atoms in total. The zero-order valence-electron chi connectivity index (χ0n) is 8.52. The Morgan fingerprint density at radius 1 is 1.15 bits per heavy atom. The Labute approximate surface area is 79.6 Å². The highest BCUT2D eigenvalue weighted by Gasteiger charge is 2.01. The zero-order valence-corrected chi connectivity index (χ0v) is 8.52. The Kier molecular flexibility index (Phi) is 3.32. The van der Waals surface area contributed by atoms with Gasteiger partial charge < -0.3 is 10.4 Å². The fourth-order valence-electron chi connectivity index (χ4n) is 1.64. The second kappa shape index (κ2) is 4.28. The van der Waals surface area contributed by atoms with Gasteiger partial charge in [0.2, 0.25) is 0 Å². The Balaban J connectivity index is 2.92. The molecule has 13 heavy (non-hydrogen) atoms. The van der Waals surface area contributed by atoms with Gasteiger partial charge in [-0.3, -0.25) is 0 Å². The summed E-state index contributed by atoms with van der Waals surface area (Å²) in [6.07, 6.45) is 0. The van der Waals surface area contributed by atoms with Gasteiger partial charge in [0.15, 0.2) is 0 Å². The molecule has 72 valence electrons. The third kappa shape index (κ3) is 2.46. The van der Waals surface area contributed by atoms with Crippen LogP contribution in [0.5, 0.6) is 0 Å². The lowest BCUT2D eigenvalue weighted by Gasteiger charge is -2.12. The molecule has 2 heteroatoms. The van der Waals surface area contributed by atoms with Gasteiger partial charge in [-0.2, -0.15) is 0 Å². The smallest absolute Gasteiger partial charge is 0.0604 e. The summed E-state index contributed by atoms with van der Waals surface area (Å²) in [6, 6.07) is 4.29. The summed E-state index contributed by atoms with van der Waals surface area (Å²) in [4.78, 5) is 0. The van der Waals surface area contributed by atoms with Crippen molar-refractivity contribution in [3.8, 4) is 0 Å². The largest absolute Gasteiger partial charge is 0.395 e. The topological polar surface area (TPSA) is 32.3 Å². The zero-order chi connectivity index (χ0) is 9.84. The van der Waals surface area contributed by atoms with Gasteiger partial charge in [-0.25, -0.2) is 0 Å². The van der Waals surface area contributed by atoms with E-state index in [0.29, 0.717) is 6.54 Å². The van der Waals surface area contributed by atoms with E-state index in [-0.39, 0.29) is 6.61 Å². The second-order valence-corrected chi connectivity index (χ2v) is 3.42. The predicted octanol–water partition coefficient (Wildman–Crippen LogP) is 2.02. The maximum Gasteiger partial charge on any atom is 0.0604 e. The predicted molar refractivity (Wildman–Crippen MR) is 56.2 cm³/mol. The van der Waals surface area contributed by atoms with Gasteiger partial charge in [0.05, 0.1) is 6.61 Å². The summed E-state index contributed by atoms with van der Waals surface area (Å²) in [6.45, 7) is 7.05. The van der Waals surface area contributed by atoms with Crippen LogP contribution in [0.4, 0.5) is 5.69 Å². The molecule has 1 rings (SSSR count). The van der Waals surface area contributed by atoms with E-state index >= 15 is 0 Å². The van der Waals surface area contributed by atoms with Crippen molar-refractivity contribution >= 4 is 5.69 Å². The number of hydrogen-bond donors (Lipinski definition) is 2. The van der Waals surface area contributed by atoms with E-state index in [1.807, 2.05) is 0 Å². The number of nitrogens with one attached hydrogen (secondary N) is 1. The Hall–Kier alpha value is -1.02. The number of hydrogen-bond acceptors (Lipinski definition) is 2. The minimum absolute atomic E-state index is 0.173. The number of anilines is 1. The molecule has 0 saturated heterocycles. The van der Waals surface area contributed by atoms with Crippen LogP contribution in [-0.4, -0.2) is 18.3 Å². The highest BCUT2D eigenvalue weighted by Crippen LogP contribution is 2.21. The van der Waals surface area contributed by atoms with Gasteiger partial charge in [0.1, 0.15) is 0 Å². The van der Waals surface area contributed by atoms with Crippen LogP contribution in [0.15, 0.2) is 12.1 Å². The normalized spacial score (nSPS) is 10.2. The number of aliphatic hydroxyl groups excluding tert-OH is 1. The third-order valence-electron chi connectivity index (χ3n) is 2.09. The molecule has 0 unspecified atom stereocenters. The minimum Gasteiger partial charge on any atom is -0.395 e. The molecule has 0 aliphatic heterocycles. The van der Waals surface area contributed by atoms with Crippen LogP contribution in [-0.2, 0) is 0 Å². The Bertz CT molecular complexity index is 271. The van der Waals surface area contributed by atoms with Crippen LogP contribution in [0, 0.1) is 20.8 Å². The van der Waals surface area contributed by atoms with Gasteiger partial charge in [0, 0.05) is 12.2 Å². The van der Waals surface area contributed by atoms with Crippen LogP contribution in [0.1, 0.15) is 16.7 Å². The molecule has 0 bridgehead atoms. The van der Waals surface area contributed by atoms with Crippen LogP contribution in [0.3, 0.4) is 0 Å². The quantitative estimate of drug-likeness (QED) is 0.744. The second-order valence-electron chi connectivity index (χ2n) is 3.42. The monoisotopic (exact) mass is 179 g/mol. The highest BCUT2D eigenvalue weighted by atomic mass is 16.3. The molecule has 0 spiro atoms. The van der Waals surface area contributed by atoms with E-state index in [9.17, 15) is 0 Å². The first kappa shape index (κ1) is 10.1. The third-order valence-corrected chi connectivity index (χ3v) is 2.09. The molecule has 0 heterocycles. The van der Waals surface area contributed by atoms with Gasteiger partial charge in [-0.1, -0.05) is 17.7 Å². The number of rotatable bonds is 3. The molecule has 1 aromatic rings. The van der Waals surface area contributed by atoms with Crippen molar-refractivity contribution in [1.82, 2.24) is 0 Å². The van der Waals surface area contributed by atoms with Crippen molar-refractivity contribution in [3.05, 3.63) is 28.8 Å². The van der Waals surface area contributed by atoms with Gasteiger partial charge in [-0.15, -0.1) is 0 Å². The van der Waals surface area contributed by atoms with Crippen LogP contribution < -0.4 is 5.32 Å². The Morgan fingerprint density at radius 3 is 2.15 bits per heavy atom. The lowest BCUT2D eigenvalue weighted by molar-refractivity contribution is 0.311. The summed E-state index contributed by atoms with van der Waals surface area (Å²) in [5, 5.41) is 11.9. The standard InChI is InChI=1S/C11H17NO/c1-8-6-9(2)11(10(3)7-8)12-4-5-13/h6-7,12-13H,4-5H2,1-3H3. The van der Waals surface area contributed by atoms with E-state index < -0.39 is 0 Å². The molecule has 0 saturated carbocycles. The van der Waals surface area contributed by atoms with E-state index in [1.54, 1.807) is 0 Å². The summed E-state index contributed by atoms with van der Waals surface area (Å²) < 4.78 is 0. The van der Waals surface area contributed by atoms with E-state index in [4.69, 9.17) is 5.11 Å². The first-order valence-electron chi connectivity index (χ1n) is 4.57. The van der Waals surface area contributed by atoms with E-state index in [1.165, 1.54) is 16.7 Å². The van der Waals surface area contributed by atoms with Crippen LogP contribution >= 0.6 is 0 Å². The SMILES string of the molecule is Cc1cc(C)c(NCCO)c(C)c1. The van der Waals surface area contributed by atoms with Crippen molar-refractivity contribution in [1.29, 1.82) is 0 Å². The summed E-state index contributed by atoms with van der Waals surface area (Å²) in [5.74, 6) is 0. The highest BCUT2D eigenvalue weighted by molar-refractivity contribution is 5.58. The molecule has 0 radical (unpaired) electrons. The van der Waals surface area contributed by atoms with Gasteiger partial charge >= 0.3 is 0 Å². The molecule has 0 aliphatic carbocycles. The molecule has 1 aromatic carbocycles.